The highest BCUT2D eigenvalue weighted by Gasteiger charge is 2.26. The van der Waals surface area contributed by atoms with Crippen molar-refractivity contribution in [3.8, 4) is 0 Å². The zero-order valence-electron chi connectivity index (χ0n) is 10.8. The molecule has 3 amide bonds. The lowest BCUT2D eigenvalue weighted by Gasteiger charge is -2.07. The number of imide groups is 1. The topological polar surface area (TPSA) is 102 Å². The Hall–Kier alpha value is -2.61. The van der Waals surface area contributed by atoms with Gasteiger partial charge in [0.2, 0.25) is 5.91 Å². The zero-order valence-corrected chi connectivity index (χ0v) is 11.7. The Morgan fingerprint density at radius 3 is 2.62 bits per heavy atom. The zero-order chi connectivity index (χ0) is 15.4. The fourth-order valence-electron chi connectivity index (χ4n) is 1.59. The van der Waals surface area contributed by atoms with E-state index in [0.29, 0.717) is 11.8 Å². The van der Waals surface area contributed by atoms with Gasteiger partial charge in [0.1, 0.15) is 0 Å². The van der Waals surface area contributed by atoms with Gasteiger partial charge in [-0.05, 0) is 23.9 Å². The normalized spacial score (nSPS) is 15.8. The molecule has 21 heavy (non-hydrogen) atoms. The largest absolute Gasteiger partial charge is 0.465 e. The molecule has 1 aliphatic heterocycles. The number of para-hydroxylation sites is 1. The van der Waals surface area contributed by atoms with Gasteiger partial charge >= 0.3 is 5.97 Å². The van der Waals surface area contributed by atoms with Crippen molar-refractivity contribution in [1.29, 1.82) is 0 Å². The summed E-state index contributed by atoms with van der Waals surface area (Å²) in [6.45, 7) is 0. The van der Waals surface area contributed by atoms with Crippen LogP contribution in [0.1, 0.15) is 10.4 Å². The summed E-state index contributed by atoms with van der Waals surface area (Å²) in [5, 5.41) is 3.97. The Kier molecular flexibility index (Phi) is 4.39. The van der Waals surface area contributed by atoms with Crippen LogP contribution in [0.4, 0.5) is 10.5 Å². The van der Waals surface area contributed by atoms with Crippen molar-refractivity contribution >= 4 is 40.5 Å². The molecule has 2 rings (SSSR count). The third-order valence-electron chi connectivity index (χ3n) is 2.49. The monoisotopic (exact) mass is 306 g/mol. The smallest absolute Gasteiger partial charge is 0.339 e. The van der Waals surface area contributed by atoms with Crippen LogP contribution in [0.25, 0.3) is 0 Å². The number of nitrogens with one attached hydrogen (secondary N) is 2. The predicted octanol–water partition coefficient (Wildman–Crippen LogP) is 1.28. The molecule has 1 fully saturated rings. The van der Waals surface area contributed by atoms with Crippen LogP contribution >= 0.6 is 11.8 Å². The molecule has 0 bridgehead atoms. The van der Waals surface area contributed by atoms with Crippen molar-refractivity contribution in [2.45, 2.75) is 0 Å². The van der Waals surface area contributed by atoms with E-state index >= 15 is 0 Å². The number of rotatable bonds is 3. The van der Waals surface area contributed by atoms with E-state index in [-0.39, 0.29) is 16.2 Å². The minimum atomic E-state index is -0.626. The highest BCUT2D eigenvalue weighted by Crippen LogP contribution is 2.23. The van der Waals surface area contributed by atoms with Gasteiger partial charge in [-0.2, -0.15) is 0 Å². The lowest BCUT2D eigenvalue weighted by atomic mass is 10.2. The second-order valence-electron chi connectivity index (χ2n) is 3.88. The number of methoxy groups -OCH3 is 1. The Balaban J connectivity index is 2.17. The molecular weight excluding hydrogens is 296 g/mol. The van der Waals surface area contributed by atoms with Crippen molar-refractivity contribution in [1.82, 2.24) is 5.32 Å². The average molecular weight is 306 g/mol. The Morgan fingerprint density at radius 2 is 2.00 bits per heavy atom. The molecule has 0 atom stereocenters. The standard InChI is InChI=1S/C13H10N2O5S/c1-20-12(18)7-4-2-3-5-8(7)14-10(16)6-9-11(17)15-13(19)21-9/h2-6H,1H3,(H,14,16)(H,15,17,19)/b9-6-. The van der Waals surface area contributed by atoms with E-state index < -0.39 is 23.0 Å². The molecule has 1 aromatic carbocycles. The van der Waals surface area contributed by atoms with Crippen molar-refractivity contribution in [2.75, 3.05) is 12.4 Å². The molecule has 1 saturated heterocycles. The summed E-state index contributed by atoms with van der Waals surface area (Å²) >= 11 is 0.637. The number of carbonyl (C=O) groups is 4. The van der Waals surface area contributed by atoms with E-state index in [1.807, 2.05) is 5.32 Å². The molecular formula is C13H10N2O5S. The third-order valence-corrected chi connectivity index (χ3v) is 3.31. The fourth-order valence-corrected chi connectivity index (χ4v) is 2.24. The number of thioether (sulfide) groups is 1. The summed E-state index contributed by atoms with van der Waals surface area (Å²) in [7, 11) is 1.23. The predicted molar refractivity (Wildman–Crippen MR) is 75.6 cm³/mol. The first kappa shape index (κ1) is 14.8. The van der Waals surface area contributed by atoms with Crippen LogP contribution < -0.4 is 10.6 Å². The van der Waals surface area contributed by atoms with Gasteiger partial charge in [0.25, 0.3) is 11.1 Å². The molecule has 2 N–H and O–H groups in total. The SMILES string of the molecule is COC(=O)c1ccccc1NC(=O)/C=C1\SC(=O)NC1=O. The fraction of sp³-hybridized carbons (Fsp3) is 0.0769. The van der Waals surface area contributed by atoms with Gasteiger partial charge in [0.15, 0.2) is 0 Å². The number of amides is 3. The Labute approximate surface area is 123 Å². The number of benzene rings is 1. The molecule has 0 saturated carbocycles. The van der Waals surface area contributed by atoms with Gasteiger partial charge in [-0.3, -0.25) is 19.7 Å². The van der Waals surface area contributed by atoms with Crippen molar-refractivity contribution in [3.05, 3.63) is 40.8 Å². The van der Waals surface area contributed by atoms with Crippen molar-refractivity contribution in [3.63, 3.8) is 0 Å². The van der Waals surface area contributed by atoms with Crippen LogP contribution in [0.2, 0.25) is 0 Å². The van der Waals surface area contributed by atoms with Crippen LogP contribution in [0.15, 0.2) is 35.2 Å². The number of anilines is 1. The quantitative estimate of drug-likeness (QED) is 0.644. The summed E-state index contributed by atoms with van der Waals surface area (Å²) in [4.78, 5) is 45.7. The van der Waals surface area contributed by atoms with Crippen LogP contribution in [0.5, 0.6) is 0 Å². The summed E-state index contributed by atoms with van der Waals surface area (Å²) in [5.74, 6) is -1.85. The van der Waals surface area contributed by atoms with Gasteiger partial charge in [0.05, 0.1) is 23.3 Å². The highest BCUT2D eigenvalue weighted by atomic mass is 32.2. The first-order chi connectivity index (χ1) is 10.0. The molecule has 0 spiro atoms. The van der Waals surface area contributed by atoms with Gasteiger partial charge in [-0.25, -0.2) is 4.79 Å². The summed E-state index contributed by atoms with van der Waals surface area (Å²) in [6.07, 6.45) is 0.999. The number of carbonyl (C=O) groups excluding carboxylic acids is 4. The van der Waals surface area contributed by atoms with Crippen LogP contribution in [0.3, 0.4) is 0 Å². The number of esters is 1. The Morgan fingerprint density at radius 1 is 1.29 bits per heavy atom. The van der Waals surface area contributed by atoms with E-state index in [9.17, 15) is 19.2 Å². The maximum atomic E-state index is 11.8. The average Bonchev–Trinajstić information content (AvgIpc) is 2.76. The van der Waals surface area contributed by atoms with Gasteiger partial charge in [-0.15, -0.1) is 0 Å². The van der Waals surface area contributed by atoms with E-state index in [0.717, 1.165) is 6.08 Å². The molecule has 7 nitrogen and oxygen atoms in total. The summed E-state index contributed by atoms with van der Waals surface area (Å²) in [6, 6.07) is 6.28. The summed E-state index contributed by atoms with van der Waals surface area (Å²) in [5.41, 5.74) is 0.437. The molecule has 1 heterocycles. The van der Waals surface area contributed by atoms with E-state index in [1.54, 1.807) is 12.1 Å². The molecule has 1 aliphatic rings. The molecule has 1 aromatic rings. The second kappa shape index (κ2) is 6.23. The first-order valence-electron chi connectivity index (χ1n) is 5.74. The van der Waals surface area contributed by atoms with Gasteiger partial charge < -0.3 is 10.1 Å². The van der Waals surface area contributed by atoms with E-state index in [1.165, 1.54) is 19.2 Å². The highest BCUT2D eigenvalue weighted by molar-refractivity contribution is 8.18. The lowest BCUT2D eigenvalue weighted by molar-refractivity contribution is -0.116. The van der Waals surface area contributed by atoms with E-state index in [4.69, 9.17) is 0 Å². The number of ether oxygens (including phenoxy) is 1. The van der Waals surface area contributed by atoms with Crippen LogP contribution in [0, 0.1) is 0 Å². The molecule has 0 aromatic heterocycles. The molecule has 0 unspecified atom stereocenters. The molecule has 8 heteroatoms. The maximum absolute atomic E-state index is 11.8. The molecule has 0 radical (unpaired) electrons. The summed E-state index contributed by atoms with van der Waals surface area (Å²) < 4.78 is 4.60. The number of hydrogen-bond acceptors (Lipinski definition) is 6. The molecule has 108 valence electrons. The van der Waals surface area contributed by atoms with E-state index in [2.05, 4.69) is 10.1 Å². The van der Waals surface area contributed by atoms with Crippen LogP contribution in [-0.4, -0.2) is 30.1 Å². The van der Waals surface area contributed by atoms with Gasteiger partial charge in [-0.1, -0.05) is 12.1 Å². The van der Waals surface area contributed by atoms with Gasteiger partial charge in [0, 0.05) is 6.08 Å². The number of hydrogen-bond donors (Lipinski definition) is 2. The lowest BCUT2D eigenvalue weighted by Crippen LogP contribution is -2.19. The maximum Gasteiger partial charge on any atom is 0.339 e. The van der Waals surface area contributed by atoms with Crippen molar-refractivity contribution < 1.29 is 23.9 Å². The first-order valence-corrected chi connectivity index (χ1v) is 6.56. The molecule has 0 aliphatic carbocycles. The van der Waals surface area contributed by atoms with Crippen LogP contribution in [-0.2, 0) is 14.3 Å². The third kappa shape index (κ3) is 3.48. The minimum absolute atomic E-state index is 0.00644. The Bertz CT molecular complexity index is 668. The van der Waals surface area contributed by atoms with Crippen molar-refractivity contribution in [2.24, 2.45) is 0 Å². The second-order valence-corrected chi connectivity index (χ2v) is 4.89. The minimum Gasteiger partial charge on any atom is -0.465 e.